The number of carboxylic acid groups (broad SMARTS) is 1. The highest BCUT2D eigenvalue weighted by Crippen LogP contribution is 2.42. The minimum Gasteiger partial charge on any atom is -0.481 e. The van der Waals surface area contributed by atoms with E-state index in [1.165, 1.54) is 12.8 Å². The van der Waals surface area contributed by atoms with Crippen LogP contribution in [0.5, 0.6) is 0 Å². The van der Waals surface area contributed by atoms with Crippen LogP contribution in [0.4, 0.5) is 0 Å². The van der Waals surface area contributed by atoms with Crippen molar-refractivity contribution < 1.29 is 14.7 Å². The van der Waals surface area contributed by atoms with Gasteiger partial charge in [0.05, 0.1) is 0 Å². The molecular weight excluding hydrogens is 268 g/mol. The van der Waals surface area contributed by atoms with Crippen LogP contribution in [0.3, 0.4) is 0 Å². The van der Waals surface area contributed by atoms with Gasteiger partial charge in [-0.2, -0.15) is 0 Å². The summed E-state index contributed by atoms with van der Waals surface area (Å²) in [6.07, 6.45) is 6.31. The van der Waals surface area contributed by atoms with Crippen molar-refractivity contribution in [1.82, 2.24) is 9.80 Å². The predicted octanol–water partition coefficient (Wildman–Crippen LogP) is 1.43. The van der Waals surface area contributed by atoms with Gasteiger partial charge >= 0.3 is 5.97 Å². The zero-order chi connectivity index (χ0) is 15.0. The van der Waals surface area contributed by atoms with Gasteiger partial charge in [-0.25, -0.2) is 0 Å². The molecule has 2 saturated heterocycles. The van der Waals surface area contributed by atoms with Crippen LogP contribution in [0.15, 0.2) is 0 Å². The molecule has 0 radical (unpaired) electrons. The third kappa shape index (κ3) is 2.68. The number of carbonyl (C=O) groups is 2. The van der Waals surface area contributed by atoms with Crippen molar-refractivity contribution in [3.05, 3.63) is 0 Å². The topological polar surface area (TPSA) is 60.9 Å². The monoisotopic (exact) mass is 294 g/mol. The van der Waals surface area contributed by atoms with Crippen LogP contribution in [0.1, 0.15) is 38.5 Å². The van der Waals surface area contributed by atoms with E-state index in [4.69, 9.17) is 0 Å². The van der Waals surface area contributed by atoms with Gasteiger partial charge in [0.25, 0.3) is 0 Å². The Hall–Kier alpha value is -1.10. The summed E-state index contributed by atoms with van der Waals surface area (Å²) < 4.78 is 0. The number of aliphatic carboxylic acids is 1. The van der Waals surface area contributed by atoms with Crippen LogP contribution < -0.4 is 0 Å². The van der Waals surface area contributed by atoms with E-state index in [9.17, 15) is 14.7 Å². The van der Waals surface area contributed by atoms with Crippen molar-refractivity contribution in [3.8, 4) is 0 Å². The highest BCUT2D eigenvalue weighted by molar-refractivity contribution is 5.81. The standard InChI is InChI=1S/C16H26N2O3/c1-17-7-6-13-9-18(11-16(13,10-17)15(20)21)14(19)8-12-4-2-3-5-12/h12-13H,2-11H2,1H3,(H,20,21)/t13-,16-/m1/s1. The first-order valence-electron chi connectivity index (χ1n) is 8.21. The summed E-state index contributed by atoms with van der Waals surface area (Å²) in [7, 11) is 1.98. The van der Waals surface area contributed by atoms with Gasteiger partial charge in [-0.3, -0.25) is 9.59 Å². The lowest BCUT2D eigenvalue weighted by Gasteiger charge is -2.39. The fourth-order valence-corrected chi connectivity index (χ4v) is 4.55. The Labute approximate surface area is 126 Å². The molecule has 21 heavy (non-hydrogen) atoms. The van der Waals surface area contributed by atoms with Gasteiger partial charge < -0.3 is 14.9 Å². The number of likely N-dealkylation sites (tertiary alicyclic amines) is 2. The van der Waals surface area contributed by atoms with Crippen LogP contribution in [0, 0.1) is 17.3 Å². The molecule has 1 amide bonds. The molecule has 0 spiro atoms. The largest absolute Gasteiger partial charge is 0.481 e. The molecule has 0 unspecified atom stereocenters. The average molecular weight is 294 g/mol. The minimum absolute atomic E-state index is 0.124. The van der Waals surface area contributed by atoms with Crippen molar-refractivity contribution in [1.29, 1.82) is 0 Å². The van der Waals surface area contributed by atoms with E-state index in [0.29, 0.717) is 32.0 Å². The van der Waals surface area contributed by atoms with E-state index in [2.05, 4.69) is 4.90 Å². The number of amides is 1. The summed E-state index contributed by atoms with van der Waals surface area (Å²) >= 11 is 0. The Morgan fingerprint density at radius 2 is 1.90 bits per heavy atom. The third-order valence-corrected chi connectivity index (χ3v) is 5.82. The summed E-state index contributed by atoms with van der Waals surface area (Å²) in [4.78, 5) is 28.3. The van der Waals surface area contributed by atoms with Crippen LogP contribution >= 0.6 is 0 Å². The second-order valence-electron chi connectivity index (χ2n) is 7.31. The van der Waals surface area contributed by atoms with E-state index >= 15 is 0 Å². The molecule has 2 atom stereocenters. The summed E-state index contributed by atoms with van der Waals surface area (Å²) in [6.45, 7) is 2.55. The zero-order valence-electron chi connectivity index (χ0n) is 12.9. The Kier molecular flexibility index (Phi) is 3.95. The van der Waals surface area contributed by atoms with Crippen molar-refractivity contribution >= 4 is 11.9 Å². The molecule has 0 aromatic heterocycles. The number of carboxylic acids is 1. The summed E-state index contributed by atoms with van der Waals surface area (Å²) in [6, 6.07) is 0. The molecule has 3 fully saturated rings. The van der Waals surface area contributed by atoms with E-state index in [1.54, 1.807) is 0 Å². The van der Waals surface area contributed by atoms with Gasteiger partial charge in [0, 0.05) is 26.1 Å². The number of hydrogen-bond acceptors (Lipinski definition) is 3. The zero-order valence-corrected chi connectivity index (χ0v) is 12.9. The van der Waals surface area contributed by atoms with E-state index in [-0.39, 0.29) is 11.8 Å². The van der Waals surface area contributed by atoms with Crippen molar-refractivity contribution in [2.75, 3.05) is 33.2 Å². The fourth-order valence-electron chi connectivity index (χ4n) is 4.55. The summed E-state index contributed by atoms with van der Waals surface area (Å²) in [5, 5.41) is 9.74. The van der Waals surface area contributed by atoms with Gasteiger partial charge in [-0.15, -0.1) is 0 Å². The lowest BCUT2D eigenvalue weighted by Crippen LogP contribution is -2.52. The van der Waals surface area contributed by atoms with Crippen LogP contribution in [0.2, 0.25) is 0 Å². The first-order valence-corrected chi connectivity index (χ1v) is 8.21. The average Bonchev–Trinajstić information content (AvgIpc) is 3.05. The Morgan fingerprint density at radius 1 is 1.19 bits per heavy atom. The number of carbonyl (C=O) groups excluding carboxylic acids is 1. The number of fused-ring (bicyclic) bond motifs is 1. The molecule has 3 aliphatic rings. The molecule has 1 N–H and O–H groups in total. The van der Waals surface area contributed by atoms with Gasteiger partial charge in [0.1, 0.15) is 5.41 Å². The van der Waals surface area contributed by atoms with Crippen LogP contribution in [0.25, 0.3) is 0 Å². The molecule has 0 aromatic carbocycles. The number of rotatable bonds is 3. The maximum atomic E-state index is 12.5. The normalized spacial score (nSPS) is 34.1. The maximum Gasteiger partial charge on any atom is 0.313 e. The number of hydrogen-bond donors (Lipinski definition) is 1. The van der Waals surface area contributed by atoms with E-state index in [0.717, 1.165) is 25.8 Å². The van der Waals surface area contributed by atoms with Crippen LogP contribution in [-0.2, 0) is 9.59 Å². The lowest BCUT2D eigenvalue weighted by molar-refractivity contribution is -0.154. The van der Waals surface area contributed by atoms with Gasteiger partial charge in [-0.1, -0.05) is 12.8 Å². The second-order valence-corrected chi connectivity index (χ2v) is 7.31. The Morgan fingerprint density at radius 3 is 2.57 bits per heavy atom. The Bertz CT molecular complexity index is 433. The lowest BCUT2D eigenvalue weighted by atomic mass is 9.73. The van der Waals surface area contributed by atoms with Crippen LogP contribution in [-0.4, -0.2) is 60.0 Å². The molecule has 2 heterocycles. The van der Waals surface area contributed by atoms with Crippen molar-refractivity contribution in [2.24, 2.45) is 17.3 Å². The molecule has 3 rings (SSSR count). The molecule has 5 heteroatoms. The molecule has 118 valence electrons. The van der Waals surface area contributed by atoms with E-state index in [1.807, 2.05) is 11.9 Å². The molecule has 0 bridgehead atoms. The first-order chi connectivity index (χ1) is 10.0. The number of piperidine rings is 1. The summed E-state index contributed by atoms with van der Waals surface area (Å²) in [5.74, 6) is 0.108. The smallest absolute Gasteiger partial charge is 0.313 e. The first kappa shape index (κ1) is 14.8. The molecule has 1 aliphatic carbocycles. The molecule has 2 aliphatic heterocycles. The Balaban J connectivity index is 1.69. The van der Waals surface area contributed by atoms with Gasteiger partial charge in [0.15, 0.2) is 0 Å². The van der Waals surface area contributed by atoms with Gasteiger partial charge in [0.2, 0.25) is 5.91 Å². The molecule has 0 aromatic rings. The minimum atomic E-state index is -0.738. The summed E-state index contributed by atoms with van der Waals surface area (Å²) in [5.41, 5.74) is -0.738. The maximum absolute atomic E-state index is 12.5. The highest BCUT2D eigenvalue weighted by atomic mass is 16.4. The highest BCUT2D eigenvalue weighted by Gasteiger charge is 2.55. The van der Waals surface area contributed by atoms with Gasteiger partial charge in [-0.05, 0) is 44.7 Å². The molecule has 5 nitrogen and oxygen atoms in total. The predicted molar refractivity (Wildman–Crippen MR) is 78.8 cm³/mol. The number of nitrogens with zero attached hydrogens (tertiary/aromatic N) is 2. The van der Waals surface area contributed by atoms with Crippen molar-refractivity contribution in [3.63, 3.8) is 0 Å². The molecule has 1 saturated carbocycles. The van der Waals surface area contributed by atoms with Crippen molar-refractivity contribution in [2.45, 2.75) is 38.5 Å². The van der Waals surface area contributed by atoms with E-state index < -0.39 is 11.4 Å². The quantitative estimate of drug-likeness (QED) is 0.855. The second kappa shape index (κ2) is 5.59. The third-order valence-electron chi connectivity index (χ3n) is 5.82. The fraction of sp³-hybridized carbons (Fsp3) is 0.875. The SMILES string of the molecule is CN1CC[C@@H]2CN(C(=O)CC3CCCC3)C[C@]2(C(=O)O)C1. The molecular formula is C16H26N2O3.